The Labute approximate surface area is 182 Å². The number of nitrogens with zero attached hydrogens (tertiary/aromatic N) is 2. The van der Waals surface area contributed by atoms with E-state index in [1.165, 1.54) is 22.2 Å². The lowest BCUT2D eigenvalue weighted by Gasteiger charge is -2.34. The lowest BCUT2D eigenvalue weighted by molar-refractivity contribution is 0.0169. The van der Waals surface area contributed by atoms with E-state index >= 15 is 0 Å². The van der Waals surface area contributed by atoms with Crippen LogP contribution in [0, 0.1) is 6.92 Å². The molecule has 0 amide bonds. The minimum atomic E-state index is 0.344. The van der Waals surface area contributed by atoms with Crippen LogP contribution in [0.25, 0.3) is 10.9 Å². The molecular weight excluding hydrogens is 396 g/mol. The number of rotatable bonds is 5. The van der Waals surface area contributed by atoms with Gasteiger partial charge in [-0.2, -0.15) is 0 Å². The highest BCUT2D eigenvalue weighted by Gasteiger charge is 2.30. The second kappa shape index (κ2) is 8.91. The van der Waals surface area contributed by atoms with Crippen molar-refractivity contribution in [3.63, 3.8) is 0 Å². The minimum absolute atomic E-state index is 0.344. The summed E-state index contributed by atoms with van der Waals surface area (Å²) in [5, 5.41) is 6.16. The minimum Gasteiger partial charge on any atom is -0.381 e. The third-order valence-electron chi connectivity index (χ3n) is 6.54. The third kappa shape index (κ3) is 4.26. The number of anilines is 1. The maximum absolute atomic E-state index is 5.52. The van der Waals surface area contributed by atoms with Crippen LogP contribution in [0.4, 0.5) is 5.69 Å². The maximum Gasteiger partial charge on any atom is 0.114 e. The molecule has 2 aromatic rings. The smallest absolute Gasteiger partial charge is 0.114 e. The zero-order chi connectivity index (χ0) is 20.5. The van der Waals surface area contributed by atoms with Gasteiger partial charge in [0.05, 0.1) is 36.2 Å². The first-order valence-electron chi connectivity index (χ1n) is 11.2. The first kappa shape index (κ1) is 20.4. The summed E-state index contributed by atoms with van der Waals surface area (Å²) in [5.41, 5.74) is 4.81. The Bertz CT molecular complexity index is 915. The summed E-state index contributed by atoms with van der Waals surface area (Å²) in [6, 6.07) is 8.06. The van der Waals surface area contributed by atoms with Crippen LogP contribution in [0.15, 0.2) is 23.2 Å². The number of aromatic amines is 1. The van der Waals surface area contributed by atoms with Crippen LogP contribution in [-0.4, -0.2) is 78.3 Å². The molecule has 0 bridgehead atoms. The van der Waals surface area contributed by atoms with E-state index in [4.69, 9.17) is 14.5 Å². The Hall–Kier alpha value is -1.54. The van der Waals surface area contributed by atoms with Crippen LogP contribution < -0.4 is 5.32 Å². The van der Waals surface area contributed by atoms with Gasteiger partial charge < -0.3 is 19.8 Å². The summed E-state index contributed by atoms with van der Waals surface area (Å²) in [4.78, 5) is 11.3. The third-order valence-corrected chi connectivity index (χ3v) is 7.64. The van der Waals surface area contributed by atoms with Crippen molar-refractivity contribution < 1.29 is 9.47 Å². The van der Waals surface area contributed by atoms with Crippen molar-refractivity contribution in [2.75, 3.05) is 50.6 Å². The molecule has 1 aromatic carbocycles. The number of hydrogen-bond acceptors (Lipinski definition) is 6. The van der Waals surface area contributed by atoms with Crippen LogP contribution in [0.5, 0.6) is 0 Å². The molecule has 2 unspecified atom stereocenters. The van der Waals surface area contributed by atoms with Crippen molar-refractivity contribution in [2.45, 2.75) is 44.8 Å². The SMILES string of the molecule is Cc1cc(NC2CCOCC2)c2[nH]c(C3=NC(C(C)N4CCOCC4)CS3)cc2c1. The maximum atomic E-state index is 5.52. The molecular formula is C23H32N4O2S. The average molecular weight is 429 g/mol. The van der Waals surface area contributed by atoms with Crippen molar-refractivity contribution in [3.05, 3.63) is 29.5 Å². The average Bonchev–Trinajstić information content (AvgIpc) is 3.42. The molecule has 2 atom stereocenters. The molecule has 6 nitrogen and oxygen atoms in total. The van der Waals surface area contributed by atoms with Gasteiger partial charge in [-0.15, -0.1) is 11.8 Å². The molecule has 1 aromatic heterocycles. The van der Waals surface area contributed by atoms with E-state index in [1.807, 2.05) is 11.8 Å². The summed E-state index contributed by atoms with van der Waals surface area (Å²) < 4.78 is 11.0. The number of aryl methyl sites for hydroxylation is 1. The molecule has 2 saturated heterocycles. The van der Waals surface area contributed by atoms with E-state index < -0.39 is 0 Å². The van der Waals surface area contributed by atoms with Crippen molar-refractivity contribution in [1.29, 1.82) is 0 Å². The number of aliphatic imine (C=N–C) groups is 1. The van der Waals surface area contributed by atoms with Gasteiger partial charge in [0.15, 0.2) is 0 Å². The number of morpholine rings is 1. The van der Waals surface area contributed by atoms with E-state index in [0.717, 1.165) is 68.8 Å². The molecule has 2 fully saturated rings. The second-order valence-corrected chi connectivity index (χ2v) is 9.70. The Kier molecular flexibility index (Phi) is 6.05. The van der Waals surface area contributed by atoms with Crippen LogP contribution >= 0.6 is 11.8 Å². The van der Waals surface area contributed by atoms with Crippen molar-refractivity contribution in [3.8, 4) is 0 Å². The molecule has 3 aliphatic rings. The Morgan fingerprint density at radius 3 is 2.70 bits per heavy atom. The molecule has 3 aliphatic heterocycles. The van der Waals surface area contributed by atoms with Gasteiger partial charge in [-0.05, 0) is 50.5 Å². The quantitative estimate of drug-likeness (QED) is 0.761. The van der Waals surface area contributed by atoms with Gasteiger partial charge in [0.1, 0.15) is 5.04 Å². The van der Waals surface area contributed by atoms with Gasteiger partial charge in [-0.25, -0.2) is 0 Å². The Balaban J connectivity index is 1.37. The standard InChI is InChI=1S/C23H32N4O2S/c1-15-11-17-13-20(25-22(17)19(12-15)24-18-3-7-28-8-4-18)23-26-21(14-30-23)16(2)27-5-9-29-10-6-27/h11-13,16,18,21,24-25H,3-10,14H2,1-2H3. The van der Waals surface area contributed by atoms with Crippen molar-refractivity contribution >= 4 is 33.4 Å². The van der Waals surface area contributed by atoms with Gasteiger partial charge in [0, 0.05) is 49.5 Å². The first-order chi connectivity index (χ1) is 14.7. The van der Waals surface area contributed by atoms with Crippen LogP contribution in [0.2, 0.25) is 0 Å². The zero-order valence-corrected chi connectivity index (χ0v) is 18.8. The molecule has 7 heteroatoms. The first-order valence-corrected chi connectivity index (χ1v) is 12.2. The fourth-order valence-corrected chi connectivity index (χ4v) is 5.85. The molecule has 4 heterocycles. The highest BCUT2D eigenvalue weighted by Crippen LogP contribution is 2.32. The number of benzene rings is 1. The monoisotopic (exact) mass is 428 g/mol. The molecule has 0 saturated carbocycles. The Morgan fingerprint density at radius 2 is 1.90 bits per heavy atom. The largest absolute Gasteiger partial charge is 0.381 e. The summed E-state index contributed by atoms with van der Waals surface area (Å²) in [5.74, 6) is 1.05. The van der Waals surface area contributed by atoms with E-state index in [9.17, 15) is 0 Å². The van der Waals surface area contributed by atoms with Gasteiger partial charge >= 0.3 is 0 Å². The van der Waals surface area contributed by atoms with E-state index in [1.54, 1.807) is 0 Å². The highest BCUT2D eigenvalue weighted by atomic mass is 32.2. The van der Waals surface area contributed by atoms with Crippen LogP contribution in [-0.2, 0) is 9.47 Å². The molecule has 0 spiro atoms. The number of H-pyrrole nitrogens is 1. The zero-order valence-electron chi connectivity index (χ0n) is 17.9. The second-order valence-electron chi connectivity index (χ2n) is 8.69. The van der Waals surface area contributed by atoms with Crippen LogP contribution in [0.3, 0.4) is 0 Å². The summed E-state index contributed by atoms with van der Waals surface area (Å²) in [6.07, 6.45) is 2.12. The summed E-state index contributed by atoms with van der Waals surface area (Å²) in [7, 11) is 0. The normalized spacial score (nSPS) is 24.9. The van der Waals surface area contributed by atoms with Crippen molar-refractivity contribution in [2.24, 2.45) is 4.99 Å². The van der Waals surface area contributed by atoms with Gasteiger partial charge in [-0.1, -0.05) is 0 Å². The van der Waals surface area contributed by atoms with Crippen LogP contribution in [0.1, 0.15) is 31.0 Å². The molecule has 30 heavy (non-hydrogen) atoms. The molecule has 5 rings (SSSR count). The topological polar surface area (TPSA) is 61.9 Å². The van der Waals surface area contributed by atoms with Crippen molar-refractivity contribution in [1.82, 2.24) is 9.88 Å². The number of ether oxygens (including phenoxy) is 2. The predicted octanol–water partition coefficient (Wildman–Crippen LogP) is 3.65. The van der Waals surface area contributed by atoms with Gasteiger partial charge in [0.25, 0.3) is 0 Å². The molecule has 162 valence electrons. The molecule has 2 N–H and O–H groups in total. The number of hydrogen-bond donors (Lipinski definition) is 2. The van der Waals surface area contributed by atoms with E-state index in [2.05, 4.69) is 47.2 Å². The summed E-state index contributed by atoms with van der Waals surface area (Å²) >= 11 is 1.88. The van der Waals surface area contributed by atoms with E-state index in [0.29, 0.717) is 18.1 Å². The fraction of sp³-hybridized carbons (Fsp3) is 0.609. The van der Waals surface area contributed by atoms with Gasteiger partial charge in [-0.3, -0.25) is 9.89 Å². The number of aromatic nitrogens is 1. The summed E-state index contributed by atoms with van der Waals surface area (Å²) in [6.45, 7) is 9.88. The number of fused-ring (bicyclic) bond motifs is 1. The molecule has 0 aliphatic carbocycles. The Morgan fingerprint density at radius 1 is 1.13 bits per heavy atom. The lowest BCUT2D eigenvalue weighted by Crippen LogP contribution is -2.47. The number of thioether (sulfide) groups is 1. The molecule has 0 radical (unpaired) electrons. The van der Waals surface area contributed by atoms with Gasteiger partial charge in [0.2, 0.25) is 0 Å². The number of nitrogens with one attached hydrogen (secondary N) is 2. The predicted molar refractivity (Wildman–Crippen MR) is 125 cm³/mol. The lowest BCUT2D eigenvalue weighted by atomic mass is 10.1. The van der Waals surface area contributed by atoms with E-state index in [-0.39, 0.29) is 0 Å². The highest BCUT2D eigenvalue weighted by molar-refractivity contribution is 8.14. The fourth-order valence-electron chi connectivity index (χ4n) is 4.70.